The maximum Gasteiger partial charge on any atom is 0.0738 e. The van der Waals surface area contributed by atoms with Crippen LogP contribution in [0.1, 0.15) is 47.0 Å². The van der Waals surface area contributed by atoms with Gasteiger partial charge < -0.3 is 0 Å². The highest BCUT2D eigenvalue weighted by molar-refractivity contribution is 4.71. The van der Waals surface area contributed by atoms with E-state index in [0.717, 1.165) is 19.7 Å². The third kappa shape index (κ3) is 3.58. The van der Waals surface area contributed by atoms with E-state index in [1.807, 2.05) is 0 Å². The van der Waals surface area contributed by atoms with Crippen LogP contribution in [0.15, 0.2) is 0 Å². The zero-order valence-electron chi connectivity index (χ0n) is 10.2. The van der Waals surface area contributed by atoms with Crippen molar-refractivity contribution >= 4 is 0 Å². The largest absolute Gasteiger partial charge is 0.298 e. The summed E-state index contributed by atoms with van der Waals surface area (Å²) < 4.78 is 0. The zero-order chi connectivity index (χ0) is 10.6. The number of piperidine rings is 1. The molecule has 0 N–H and O–H groups in total. The molecule has 0 aromatic carbocycles. The van der Waals surface area contributed by atoms with Gasteiger partial charge in [-0.05, 0) is 24.2 Å². The third-order valence-corrected chi connectivity index (χ3v) is 3.50. The second-order valence-corrected chi connectivity index (χ2v) is 5.41. The minimum atomic E-state index is 0.289. The van der Waals surface area contributed by atoms with Crippen LogP contribution >= 0.6 is 0 Å². The lowest BCUT2D eigenvalue weighted by Gasteiger charge is -2.33. The first-order valence-electron chi connectivity index (χ1n) is 5.90. The van der Waals surface area contributed by atoms with Gasteiger partial charge >= 0.3 is 0 Å². The number of hydroxylamine groups is 2. The molecule has 0 aliphatic carbocycles. The third-order valence-electron chi connectivity index (χ3n) is 3.50. The highest BCUT2D eigenvalue weighted by Crippen LogP contribution is 2.26. The van der Waals surface area contributed by atoms with Gasteiger partial charge in [-0.2, -0.15) is 5.06 Å². The van der Waals surface area contributed by atoms with Gasteiger partial charge in [-0.1, -0.05) is 34.1 Å². The van der Waals surface area contributed by atoms with Gasteiger partial charge in [0.1, 0.15) is 0 Å². The second-order valence-electron chi connectivity index (χ2n) is 5.41. The first-order valence-corrected chi connectivity index (χ1v) is 5.90. The minimum absolute atomic E-state index is 0.289. The summed E-state index contributed by atoms with van der Waals surface area (Å²) in [5.74, 6) is 0.673. The molecule has 2 nitrogen and oxygen atoms in total. The molecule has 84 valence electrons. The van der Waals surface area contributed by atoms with Crippen molar-refractivity contribution in [3.8, 4) is 0 Å². The Morgan fingerprint density at radius 2 is 1.71 bits per heavy atom. The van der Waals surface area contributed by atoms with Crippen molar-refractivity contribution in [2.45, 2.75) is 47.0 Å². The fraction of sp³-hybridized carbons (Fsp3) is 1.00. The van der Waals surface area contributed by atoms with Gasteiger partial charge in [0.25, 0.3) is 0 Å². The van der Waals surface area contributed by atoms with Crippen molar-refractivity contribution in [1.82, 2.24) is 5.06 Å². The molecule has 1 aliphatic heterocycles. The second kappa shape index (κ2) is 5.13. The fourth-order valence-electron chi connectivity index (χ4n) is 1.42. The van der Waals surface area contributed by atoms with Crippen LogP contribution in [0, 0.1) is 11.3 Å². The Labute approximate surface area is 88.6 Å². The van der Waals surface area contributed by atoms with Crippen molar-refractivity contribution in [3.05, 3.63) is 0 Å². The maximum atomic E-state index is 5.84. The fourth-order valence-corrected chi connectivity index (χ4v) is 1.42. The van der Waals surface area contributed by atoms with E-state index in [2.05, 4.69) is 32.8 Å². The monoisotopic (exact) mass is 199 g/mol. The van der Waals surface area contributed by atoms with Crippen molar-refractivity contribution < 1.29 is 4.84 Å². The summed E-state index contributed by atoms with van der Waals surface area (Å²) in [6, 6.07) is 0. The average molecular weight is 199 g/mol. The number of hydrogen-bond acceptors (Lipinski definition) is 2. The van der Waals surface area contributed by atoms with E-state index >= 15 is 0 Å². The van der Waals surface area contributed by atoms with Gasteiger partial charge in [-0.3, -0.25) is 4.84 Å². The van der Waals surface area contributed by atoms with Crippen molar-refractivity contribution in [2.75, 3.05) is 19.7 Å². The maximum absolute atomic E-state index is 5.84. The molecule has 0 saturated carbocycles. The molecular formula is C12H25NO. The quantitative estimate of drug-likeness (QED) is 0.690. The molecule has 1 heterocycles. The predicted molar refractivity (Wildman–Crippen MR) is 60.0 cm³/mol. The SMILES string of the molecule is CC(C)C(C)(C)CON1CCCCC1. The molecular weight excluding hydrogens is 174 g/mol. The van der Waals surface area contributed by atoms with E-state index in [9.17, 15) is 0 Å². The summed E-state index contributed by atoms with van der Waals surface area (Å²) in [7, 11) is 0. The van der Waals surface area contributed by atoms with Gasteiger partial charge in [-0.15, -0.1) is 0 Å². The number of hydrogen-bond donors (Lipinski definition) is 0. The van der Waals surface area contributed by atoms with Crippen molar-refractivity contribution in [3.63, 3.8) is 0 Å². The Morgan fingerprint density at radius 1 is 1.14 bits per heavy atom. The van der Waals surface area contributed by atoms with Crippen LogP contribution in [0.3, 0.4) is 0 Å². The molecule has 1 saturated heterocycles. The lowest BCUT2D eigenvalue weighted by molar-refractivity contribution is -0.193. The Kier molecular flexibility index (Phi) is 4.39. The van der Waals surface area contributed by atoms with E-state index in [-0.39, 0.29) is 5.41 Å². The van der Waals surface area contributed by atoms with Gasteiger partial charge in [0, 0.05) is 13.1 Å². The predicted octanol–water partition coefficient (Wildman–Crippen LogP) is 3.09. The van der Waals surface area contributed by atoms with Crippen LogP contribution in [0.25, 0.3) is 0 Å². The standard InChI is InChI=1S/C12H25NO/c1-11(2)12(3,4)10-14-13-8-6-5-7-9-13/h11H,5-10H2,1-4H3. The van der Waals surface area contributed by atoms with E-state index in [1.54, 1.807) is 0 Å². The van der Waals surface area contributed by atoms with Crippen LogP contribution in [0.2, 0.25) is 0 Å². The summed E-state index contributed by atoms with van der Waals surface area (Å²) >= 11 is 0. The molecule has 0 aromatic heterocycles. The summed E-state index contributed by atoms with van der Waals surface area (Å²) in [6.45, 7) is 12.2. The van der Waals surface area contributed by atoms with Crippen molar-refractivity contribution in [2.24, 2.45) is 11.3 Å². The van der Waals surface area contributed by atoms with Gasteiger partial charge in [0.15, 0.2) is 0 Å². The van der Waals surface area contributed by atoms with Gasteiger partial charge in [0.2, 0.25) is 0 Å². The highest BCUT2D eigenvalue weighted by atomic mass is 16.7. The van der Waals surface area contributed by atoms with Crippen LogP contribution < -0.4 is 0 Å². The molecule has 1 rings (SSSR count). The normalized spacial score (nSPS) is 20.4. The lowest BCUT2D eigenvalue weighted by Crippen LogP contribution is -2.35. The molecule has 1 fully saturated rings. The van der Waals surface area contributed by atoms with Crippen molar-refractivity contribution in [1.29, 1.82) is 0 Å². The van der Waals surface area contributed by atoms with Gasteiger partial charge in [-0.25, -0.2) is 0 Å². The summed E-state index contributed by atoms with van der Waals surface area (Å²) in [5, 5.41) is 2.15. The Balaban J connectivity index is 2.24. The van der Waals surface area contributed by atoms with Crippen LogP contribution in [-0.2, 0) is 4.84 Å². The number of rotatable bonds is 4. The smallest absolute Gasteiger partial charge is 0.0738 e. The Bertz CT molecular complexity index is 160. The zero-order valence-corrected chi connectivity index (χ0v) is 10.2. The van der Waals surface area contributed by atoms with Crippen LogP contribution in [0.5, 0.6) is 0 Å². The molecule has 0 spiro atoms. The number of nitrogens with zero attached hydrogens (tertiary/aromatic N) is 1. The molecule has 0 aromatic rings. The van der Waals surface area contributed by atoms with Gasteiger partial charge in [0.05, 0.1) is 6.61 Å². The summed E-state index contributed by atoms with van der Waals surface area (Å²) in [4.78, 5) is 5.84. The molecule has 1 aliphatic rings. The van der Waals surface area contributed by atoms with E-state index < -0.39 is 0 Å². The average Bonchev–Trinajstić information content (AvgIpc) is 2.16. The summed E-state index contributed by atoms with van der Waals surface area (Å²) in [6.07, 6.45) is 3.96. The molecule has 0 unspecified atom stereocenters. The summed E-state index contributed by atoms with van der Waals surface area (Å²) in [5.41, 5.74) is 0.289. The minimum Gasteiger partial charge on any atom is -0.298 e. The molecule has 2 heteroatoms. The molecule has 0 amide bonds. The first-order chi connectivity index (χ1) is 6.52. The van der Waals surface area contributed by atoms with E-state index in [1.165, 1.54) is 19.3 Å². The molecule has 0 atom stereocenters. The first kappa shape index (κ1) is 12.0. The Morgan fingerprint density at radius 3 is 2.21 bits per heavy atom. The molecule has 0 bridgehead atoms. The lowest BCUT2D eigenvalue weighted by atomic mass is 9.82. The topological polar surface area (TPSA) is 12.5 Å². The molecule has 14 heavy (non-hydrogen) atoms. The van der Waals surface area contributed by atoms with Crippen LogP contribution in [0.4, 0.5) is 0 Å². The van der Waals surface area contributed by atoms with Crippen LogP contribution in [-0.4, -0.2) is 24.8 Å². The molecule has 0 radical (unpaired) electrons. The van der Waals surface area contributed by atoms with E-state index in [4.69, 9.17) is 4.84 Å². The van der Waals surface area contributed by atoms with E-state index in [0.29, 0.717) is 5.92 Å². The Hall–Kier alpha value is -0.0800. The highest BCUT2D eigenvalue weighted by Gasteiger charge is 2.24.